The van der Waals surface area contributed by atoms with Crippen LogP contribution in [0, 0.1) is 6.92 Å². The van der Waals surface area contributed by atoms with Crippen LogP contribution < -0.4 is 16.0 Å². The Labute approximate surface area is 173 Å². The summed E-state index contributed by atoms with van der Waals surface area (Å²) in [7, 11) is 0. The fourth-order valence-corrected chi connectivity index (χ4v) is 3.68. The minimum Gasteiger partial charge on any atom is -0.354 e. The largest absolute Gasteiger partial charge is 0.354 e. The number of benzene rings is 2. The molecule has 0 unspecified atom stereocenters. The Balaban J connectivity index is 1.45. The van der Waals surface area contributed by atoms with Gasteiger partial charge in [0, 0.05) is 34.7 Å². The zero-order valence-corrected chi connectivity index (χ0v) is 16.5. The van der Waals surface area contributed by atoms with Gasteiger partial charge in [-0.2, -0.15) is 0 Å². The number of fused-ring (bicyclic) bond motifs is 1. The standard InChI is InChI=1S/C23H22N4O3/c1-14-20-18(11-6-12-19(20)28)27-21(14)22(29)24-16-9-5-10-17(13-16)26-23(30)25-15-7-3-2-4-8-15/h2-5,7-10,13,27H,6,11-12H2,1H3,(H,24,29)(H2,25,26,30). The van der Waals surface area contributed by atoms with Crippen LogP contribution in [0.1, 0.15) is 44.9 Å². The van der Waals surface area contributed by atoms with Gasteiger partial charge in [0.25, 0.3) is 5.91 Å². The van der Waals surface area contributed by atoms with Gasteiger partial charge < -0.3 is 20.9 Å². The fourth-order valence-electron chi connectivity index (χ4n) is 3.68. The van der Waals surface area contributed by atoms with Crippen LogP contribution in [-0.4, -0.2) is 22.7 Å². The summed E-state index contributed by atoms with van der Waals surface area (Å²) < 4.78 is 0. The highest BCUT2D eigenvalue weighted by Gasteiger charge is 2.26. The molecule has 0 aliphatic heterocycles. The summed E-state index contributed by atoms with van der Waals surface area (Å²) in [4.78, 5) is 40.3. The van der Waals surface area contributed by atoms with Crippen molar-refractivity contribution in [1.29, 1.82) is 0 Å². The maximum Gasteiger partial charge on any atom is 0.323 e. The van der Waals surface area contributed by atoms with E-state index in [0.717, 1.165) is 18.5 Å². The third-order valence-corrected chi connectivity index (χ3v) is 5.07. The molecule has 0 saturated heterocycles. The van der Waals surface area contributed by atoms with Gasteiger partial charge in [0.1, 0.15) is 5.69 Å². The first-order valence-corrected chi connectivity index (χ1v) is 9.80. The van der Waals surface area contributed by atoms with E-state index in [4.69, 9.17) is 0 Å². The Kier molecular flexibility index (Phi) is 5.34. The first-order chi connectivity index (χ1) is 14.5. The van der Waals surface area contributed by atoms with Crippen molar-refractivity contribution in [3.63, 3.8) is 0 Å². The number of carbonyl (C=O) groups excluding carboxylic acids is 3. The molecule has 4 N–H and O–H groups in total. The summed E-state index contributed by atoms with van der Waals surface area (Å²) in [6.45, 7) is 1.79. The van der Waals surface area contributed by atoms with Crippen LogP contribution in [0.15, 0.2) is 54.6 Å². The van der Waals surface area contributed by atoms with Crippen molar-refractivity contribution in [2.45, 2.75) is 26.2 Å². The Hall–Kier alpha value is -3.87. The monoisotopic (exact) mass is 402 g/mol. The van der Waals surface area contributed by atoms with E-state index in [1.54, 1.807) is 43.3 Å². The molecule has 152 valence electrons. The van der Waals surface area contributed by atoms with Gasteiger partial charge >= 0.3 is 6.03 Å². The number of para-hydroxylation sites is 1. The summed E-state index contributed by atoms with van der Waals surface area (Å²) in [5.74, 6) is -0.236. The Morgan fingerprint density at radius 3 is 2.27 bits per heavy atom. The number of rotatable bonds is 4. The van der Waals surface area contributed by atoms with Gasteiger partial charge in [-0.3, -0.25) is 9.59 Å². The van der Waals surface area contributed by atoms with E-state index in [1.165, 1.54) is 0 Å². The number of aromatic amines is 1. The molecular weight excluding hydrogens is 380 g/mol. The van der Waals surface area contributed by atoms with Crippen molar-refractivity contribution in [1.82, 2.24) is 4.98 Å². The van der Waals surface area contributed by atoms with Gasteiger partial charge in [0.15, 0.2) is 5.78 Å². The number of aryl methyl sites for hydroxylation is 1. The third kappa shape index (κ3) is 4.10. The minimum atomic E-state index is -0.379. The second-order valence-corrected chi connectivity index (χ2v) is 7.24. The summed E-state index contributed by atoms with van der Waals surface area (Å²) in [5.41, 5.74) is 4.33. The number of nitrogens with one attached hydrogen (secondary N) is 4. The normalized spacial score (nSPS) is 12.8. The first kappa shape index (κ1) is 19.4. The zero-order valence-electron chi connectivity index (χ0n) is 16.5. The van der Waals surface area contributed by atoms with Crippen molar-refractivity contribution in [3.05, 3.63) is 77.1 Å². The summed E-state index contributed by atoms with van der Waals surface area (Å²) in [5, 5.41) is 8.32. The van der Waals surface area contributed by atoms with E-state index in [-0.39, 0.29) is 17.7 Å². The minimum absolute atomic E-state index is 0.0830. The van der Waals surface area contributed by atoms with Gasteiger partial charge in [-0.1, -0.05) is 24.3 Å². The molecule has 1 aliphatic carbocycles. The predicted molar refractivity (Wildman–Crippen MR) is 116 cm³/mol. The molecule has 0 radical (unpaired) electrons. The topological polar surface area (TPSA) is 103 Å². The number of H-pyrrole nitrogens is 1. The molecule has 0 saturated carbocycles. The molecule has 7 nitrogen and oxygen atoms in total. The highest BCUT2D eigenvalue weighted by Crippen LogP contribution is 2.27. The van der Waals surface area contributed by atoms with E-state index < -0.39 is 0 Å². The van der Waals surface area contributed by atoms with Gasteiger partial charge in [0.2, 0.25) is 0 Å². The van der Waals surface area contributed by atoms with E-state index in [9.17, 15) is 14.4 Å². The summed E-state index contributed by atoms with van der Waals surface area (Å²) in [6, 6.07) is 15.6. The lowest BCUT2D eigenvalue weighted by Crippen LogP contribution is -2.19. The molecule has 3 amide bonds. The summed E-state index contributed by atoms with van der Waals surface area (Å²) in [6.07, 6.45) is 2.09. The first-order valence-electron chi connectivity index (χ1n) is 9.80. The molecule has 0 atom stereocenters. The maximum absolute atomic E-state index is 12.8. The molecule has 1 aliphatic rings. The van der Waals surface area contributed by atoms with Crippen LogP contribution in [0.4, 0.5) is 21.9 Å². The molecule has 3 aromatic rings. The van der Waals surface area contributed by atoms with E-state index >= 15 is 0 Å². The molecule has 4 rings (SSSR count). The lowest BCUT2D eigenvalue weighted by molar-refractivity contribution is 0.0971. The van der Waals surface area contributed by atoms with Crippen molar-refractivity contribution >= 4 is 34.8 Å². The lowest BCUT2D eigenvalue weighted by Gasteiger charge is -2.10. The second kappa shape index (κ2) is 8.24. The van der Waals surface area contributed by atoms with Crippen molar-refractivity contribution in [3.8, 4) is 0 Å². The average molecular weight is 402 g/mol. The molecule has 30 heavy (non-hydrogen) atoms. The number of ketones is 1. The Morgan fingerprint density at radius 1 is 0.867 bits per heavy atom. The number of Topliss-reactive ketones (excluding diaryl/α,β-unsaturated/α-hetero) is 1. The van der Waals surface area contributed by atoms with Crippen molar-refractivity contribution in [2.24, 2.45) is 0 Å². The summed E-state index contributed by atoms with van der Waals surface area (Å²) >= 11 is 0. The molecule has 1 heterocycles. The Morgan fingerprint density at radius 2 is 1.53 bits per heavy atom. The Bertz CT molecular complexity index is 1120. The lowest BCUT2D eigenvalue weighted by atomic mass is 9.94. The molecule has 0 bridgehead atoms. The van der Waals surface area contributed by atoms with Gasteiger partial charge in [-0.05, 0) is 55.7 Å². The highest BCUT2D eigenvalue weighted by molar-refractivity contribution is 6.08. The zero-order chi connectivity index (χ0) is 21.1. The number of hydrogen-bond acceptors (Lipinski definition) is 3. The highest BCUT2D eigenvalue weighted by atomic mass is 16.2. The van der Waals surface area contributed by atoms with Gasteiger partial charge in [0.05, 0.1) is 0 Å². The van der Waals surface area contributed by atoms with Crippen LogP contribution in [-0.2, 0) is 6.42 Å². The average Bonchev–Trinajstić information content (AvgIpc) is 3.07. The van der Waals surface area contributed by atoms with Gasteiger partial charge in [-0.25, -0.2) is 4.79 Å². The number of amides is 3. The number of urea groups is 1. The maximum atomic E-state index is 12.8. The molecular formula is C23H22N4O3. The second-order valence-electron chi connectivity index (χ2n) is 7.24. The van der Waals surface area contributed by atoms with Crippen LogP contribution in [0.3, 0.4) is 0 Å². The van der Waals surface area contributed by atoms with Crippen LogP contribution in [0.5, 0.6) is 0 Å². The van der Waals surface area contributed by atoms with Crippen molar-refractivity contribution < 1.29 is 14.4 Å². The quantitative estimate of drug-likeness (QED) is 0.507. The molecule has 0 fully saturated rings. The smallest absolute Gasteiger partial charge is 0.323 e. The molecule has 1 aromatic heterocycles. The van der Waals surface area contributed by atoms with E-state index in [1.807, 2.05) is 18.2 Å². The van der Waals surface area contributed by atoms with Crippen LogP contribution in [0.25, 0.3) is 0 Å². The van der Waals surface area contributed by atoms with E-state index in [0.29, 0.717) is 40.3 Å². The fraction of sp³-hybridized carbons (Fsp3) is 0.174. The SMILES string of the molecule is Cc1c(C(=O)Nc2cccc(NC(=O)Nc3ccccc3)c2)[nH]c2c1C(=O)CCC2. The number of aromatic nitrogens is 1. The van der Waals surface area contributed by atoms with Crippen molar-refractivity contribution in [2.75, 3.05) is 16.0 Å². The molecule has 0 spiro atoms. The van der Waals surface area contributed by atoms with Crippen LogP contribution >= 0.6 is 0 Å². The molecule has 2 aromatic carbocycles. The van der Waals surface area contributed by atoms with Crippen LogP contribution in [0.2, 0.25) is 0 Å². The number of carbonyl (C=O) groups is 3. The molecule has 7 heteroatoms. The number of anilines is 3. The number of hydrogen-bond donors (Lipinski definition) is 4. The van der Waals surface area contributed by atoms with E-state index in [2.05, 4.69) is 20.9 Å². The van der Waals surface area contributed by atoms with Gasteiger partial charge in [-0.15, -0.1) is 0 Å². The third-order valence-electron chi connectivity index (χ3n) is 5.07. The predicted octanol–water partition coefficient (Wildman–Crippen LogP) is 4.74.